The van der Waals surface area contributed by atoms with Crippen LogP contribution in [0.1, 0.15) is 44.9 Å². The van der Waals surface area contributed by atoms with E-state index >= 15 is 0 Å². The Bertz CT molecular complexity index is 1210. The van der Waals surface area contributed by atoms with E-state index in [-0.39, 0.29) is 11.4 Å². The number of carbonyl (C=O) groups excluding carboxylic acids is 2. The highest BCUT2D eigenvalue weighted by atomic mass is 16.2. The Labute approximate surface area is 209 Å². The first-order valence-corrected chi connectivity index (χ1v) is 12.1. The molecule has 4 N–H and O–H groups in total. The second-order valence-electron chi connectivity index (χ2n) is 8.72. The van der Waals surface area contributed by atoms with Crippen molar-refractivity contribution < 1.29 is 9.59 Å². The monoisotopic (exact) mass is 480 g/mol. The average Bonchev–Trinajstić information content (AvgIpc) is 2.95. The Kier molecular flexibility index (Phi) is 7.25. The lowest BCUT2D eigenvalue weighted by Crippen LogP contribution is -2.20. The number of amides is 2. The lowest BCUT2D eigenvalue weighted by molar-refractivity contribution is 0.101. The van der Waals surface area contributed by atoms with E-state index in [4.69, 9.17) is 0 Å². The van der Waals surface area contributed by atoms with Crippen molar-refractivity contribution in [2.75, 3.05) is 36.8 Å². The lowest BCUT2D eigenvalue weighted by atomic mass is 10.00. The molecule has 0 unspecified atom stereocenters. The van der Waals surface area contributed by atoms with Gasteiger partial charge in [-0.15, -0.1) is 0 Å². The molecule has 2 aromatic carbocycles. The first-order valence-electron chi connectivity index (χ1n) is 12.1. The van der Waals surface area contributed by atoms with E-state index in [1.54, 1.807) is 0 Å². The highest BCUT2D eigenvalue weighted by Crippen LogP contribution is 2.23. The maximum Gasteiger partial charge on any atom is 0.275 e. The second kappa shape index (κ2) is 11.1. The summed E-state index contributed by atoms with van der Waals surface area (Å²) in [5.74, 6) is -0.851. The molecule has 0 fully saturated rings. The first-order chi connectivity index (χ1) is 17.7. The summed E-state index contributed by atoms with van der Waals surface area (Å²) in [5, 5.41) is 12.3. The molecule has 3 heterocycles. The Morgan fingerprint density at radius 3 is 1.50 bits per heavy atom. The van der Waals surface area contributed by atoms with Crippen molar-refractivity contribution in [2.45, 2.75) is 12.8 Å². The molecule has 2 amide bonds. The fraction of sp³-hybridized carbons (Fsp3) is 0.214. The topological polar surface area (TPSA) is 108 Å². The van der Waals surface area contributed by atoms with Gasteiger partial charge in [0.05, 0.1) is 12.4 Å². The molecule has 2 aliphatic heterocycles. The number of nitrogens with zero attached hydrogens (tertiary/aromatic N) is 2. The third-order valence-electron chi connectivity index (χ3n) is 6.25. The third-order valence-corrected chi connectivity index (χ3v) is 6.25. The molecular formula is C28H28N6O2. The van der Waals surface area contributed by atoms with Crippen LogP contribution in [0, 0.1) is 0 Å². The van der Waals surface area contributed by atoms with Crippen molar-refractivity contribution in [3.8, 4) is 0 Å². The van der Waals surface area contributed by atoms with Gasteiger partial charge in [-0.2, -0.15) is 0 Å². The van der Waals surface area contributed by atoms with E-state index in [2.05, 4.69) is 43.4 Å². The largest absolute Gasteiger partial charge is 0.321 e. The van der Waals surface area contributed by atoms with Gasteiger partial charge in [0.2, 0.25) is 0 Å². The lowest BCUT2D eigenvalue weighted by Gasteiger charge is -2.15. The summed E-state index contributed by atoms with van der Waals surface area (Å²) >= 11 is 0. The van der Waals surface area contributed by atoms with E-state index in [1.807, 2.05) is 48.5 Å². The Hall–Kier alpha value is -4.14. The minimum absolute atomic E-state index is 0.0704. The maximum atomic E-state index is 12.7. The number of carbonyl (C=O) groups is 2. The van der Waals surface area contributed by atoms with Crippen molar-refractivity contribution in [1.29, 1.82) is 0 Å². The van der Waals surface area contributed by atoms with Crippen LogP contribution in [-0.2, 0) is 0 Å². The molecule has 0 atom stereocenters. The molecule has 182 valence electrons. The third kappa shape index (κ3) is 5.73. The molecule has 0 saturated carbocycles. The van der Waals surface area contributed by atoms with Crippen LogP contribution in [0.2, 0.25) is 0 Å². The van der Waals surface area contributed by atoms with Crippen LogP contribution in [0.25, 0.3) is 11.1 Å². The summed E-state index contributed by atoms with van der Waals surface area (Å²) in [6.07, 6.45) is 9.03. The fourth-order valence-corrected chi connectivity index (χ4v) is 4.28. The van der Waals surface area contributed by atoms with Gasteiger partial charge in [0.1, 0.15) is 11.4 Å². The SMILES string of the molecule is O=C(Nc1ccc(C2=CCNCC2)cc1)c1cncc(C(=O)Nc2ccc(C3=CCNCC3)cc2)n1. The molecule has 0 saturated heterocycles. The molecule has 8 heteroatoms. The number of nitrogens with one attached hydrogen (secondary N) is 4. The van der Waals surface area contributed by atoms with Crippen LogP contribution in [0.15, 0.2) is 73.1 Å². The zero-order valence-electron chi connectivity index (χ0n) is 19.9. The molecule has 8 nitrogen and oxygen atoms in total. The van der Waals surface area contributed by atoms with Crippen LogP contribution in [0.4, 0.5) is 11.4 Å². The molecule has 2 aliphatic rings. The Morgan fingerprint density at radius 2 is 1.11 bits per heavy atom. The predicted molar refractivity (Wildman–Crippen MR) is 142 cm³/mol. The Morgan fingerprint density at radius 1 is 0.667 bits per heavy atom. The van der Waals surface area contributed by atoms with Crippen LogP contribution >= 0.6 is 0 Å². The minimum atomic E-state index is -0.425. The van der Waals surface area contributed by atoms with Gasteiger partial charge in [-0.1, -0.05) is 36.4 Å². The standard InChI is InChI=1S/C28H28N6O2/c35-27(32-23-5-1-19(2-6-23)21-9-13-29-14-10-21)25-17-31-18-26(34-25)28(36)33-24-7-3-20(4-8-24)22-11-15-30-16-12-22/h1-9,11,17-18,29-30H,10,12-16H2,(H,32,35)(H,33,36). The zero-order valence-corrected chi connectivity index (χ0v) is 19.9. The summed E-state index contributed by atoms with van der Waals surface area (Å²) in [4.78, 5) is 33.8. The van der Waals surface area contributed by atoms with E-state index in [1.165, 1.54) is 23.5 Å². The molecule has 36 heavy (non-hydrogen) atoms. The number of anilines is 2. The van der Waals surface area contributed by atoms with Gasteiger partial charge in [-0.3, -0.25) is 14.6 Å². The van der Waals surface area contributed by atoms with Crippen LogP contribution in [0.3, 0.4) is 0 Å². The molecular weight excluding hydrogens is 452 g/mol. The maximum absolute atomic E-state index is 12.7. The fourth-order valence-electron chi connectivity index (χ4n) is 4.28. The molecule has 5 rings (SSSR count). The minimum Gasteiger partial charge on any atom is -0.321 e. The van der Waals surface area contributed by atoms with Crippen molar-refractivity contribution in [2.24, 2.45) is 0 Å². The summed E-state index contributed by atoms with van der Waals surface area (Å²) in [7, 11) is 0. The Balaban J connectivity index is 1.21. The molecule has 0 spiro atoms. The molecule has 0 bridgehead atoms. The van der Waals surface area contributed by atoms with Crippen molar-refractivity contribution in [1.82, 2.24) is 20.6 Å². The van der Waals surface area contributed by atoms with E-state index in [0.29, 0.717) is 11.4 Å². The van der Waals surface area contributed by atoms with Crippen molar-refractivity contribution >= 4 is 34.3 Å². The molecule has 1 aromatic heterocycles. The second-order valence-corrected chi connectivity index (χ2v) is 8.72. The average molecular weight is 481 g/mol. The van der Waals surface area contributed by atoms with E-state index in [9.17, 15) is 9.59 Å². The van der Waals surface area contributed by atoms with Gasteiger partial charge in [-0.25, -0.2) is 4.98 Å². The van der Waals surface area contributed by atoms with Gasteiger partial charge in [0, 0.05) is 24.5 Å². The number of hydrogen-bond acceptors (Lipinski definition) is 6. The molecule has 0 aliphatic carbocycles. The van der Waals surface area contributed by atoms with Crippen LogP contribution in [0.5, 0.6) is 0 Å². The highest BCUT2D eigenvalue weighted by Gasteiger charge is 2.15. The van der Waals surface area contributed by atoms with E-state index < -0.39 is 11.8 Å². The summed E-state index contributed by atoms with van der Waals surface area (Å²) < 4.78 is 0. The van der Waals surface area contributed by atoms with Crippen LogP contribution in [-0.4, -0.2) is 48.0 Å². The zero-order chi connectivity index (χ0) is 24.7. The van der Waals surface area contributed by atoms with Crippen LogP contribution < -0.4 is 21.3 Å². The molecule has 3 aromatic rings. The number of rotatable bonds is 6. The highest BCUT2D eigenvalue weighted by molar-refractivity contribution is 6.05. The van der Waals surface area contributed by atoms with Crippen molar-refractivity contribution in [3.05, 3.63) is 95.6 Å². The van der Waals surface area contributed by atoms with Gasteiger partial charge in [0.25, 0.3) is 11.8 Å². The van der Waals surface area contributed by atoms with Gasteiger partial charge < -0.3 is 21.3 Å². The first kappa shape index (κ1) is 23.6. The summed E-state index contributed by atoms with van der Waals surface area (Å²) in [5.41, 5.74) is 6.34. The van der Waals surface area contributed by atoms with Crippen molar-refractivity contribution in [3.63, 3.8) is 0 Å². The summed E-state index contributed by atoms with van der Waals surface area (Å²) in [6, 6.07) is 15.4. The van der Waals surface area contributed by atoms with E-state index in [0.717, 1.165) is 50.1 Å². The summed E-state index contributed by atoms with van der Waals surface area (Å²) in [6.45, 7) is 3.68. The van der Waals surface area contributed by atoms with Gasteiger partial charge >= 0.3 is 0 Å². The van der Waals surface area contributed by atoms with Gasteiger partial charge in [-0.05, 0) is 72.5 Å². The number of hydrogen-bond donors (Lipinski definition) is 4. The smallest absolute Gasteiger partial charge is 0.275 e. The normalized spacial score (nSPS) is 15.4. The predicted octanol–water partition coefficient (Wildman–Crippen LogP) is 3.73. The number of aromatic nitrogens is 2. The molecule has 0 radical (unpaired) electrons. The quantitative estimate of drug-likeness (QED) is 0.428. The van der Waals surface area contributed by atoms with Gasteiger partial charge in [0.15, 0.2) is 0 Å². The number of benzene rings is 2.